The highest BCUT2D eigenvalue weighted by molar-refractivity contribution is 7.93. The van der Waals surface area contributed by atoms with Crippen LogP contribution in [0.3, 0.4) is 0 Å². The number of carbonyl (C=O) groups is 1. The lowest BCUT2D eigenvalue weighted by atomic mass is 10.2. The van der Waals surface area contributed by atoms with E-state index in [4.69, 9.17) is 0 Å². The number of amides is 1. The summed E-state index contributed by atoms with van der Waals surface area (Å²) in [6, 6.07) is 15.4. The molecular weight excluding hydrogens is 312 g/mol. The molecule has 0 radical (unpaired) electrons. The summed E-state index contributed by atoms with van der Waals surface area (Å²) in [7, 11) is -4.01. The summed E-state index contributed by atoms with van der Waals surface area (Å²) in [5.41, 5.74) is 1.51. The van der Waals surface area contributed by atoms with Gasteiger partial charge in [0, 0.05) is 11.6 Å². The number of fused-ring (bicyclic) bond motifs is 2. The predicted octanol–water partition coefficient (Wildman–Crippen LogP) is 2.51. The first-order valence-electron chi connectivity index (χ1n) is 7.09. The van der Waals surface area contributed by atoms with Crippen LogP contribution in [0.2, 0.25) is 0 Å². The summed E-state index contributed by atoms with van der Waals surface area (Å²) in [5, 5.41) is 0.716. The van der Waals surface area contributed by atoms with E-state index in [2.05, 4.69) is 4.98 Å². The minimum Gasteiger partial charge on any atom is -0.273 e. The van der Waals surface area contributed by atoms with Crippen molar-refractivity contribution in [2.75, 3.05) is 4.31 Å². The summed E-state index contributed by atoms with van der Waals surface area (Å²) in [6.07, 6.45) is 1.63. The number of benzene rings is 2. The van der Waals surface area contributed by atoms with Crippen LogP contribution < -0.4 is 4.31 Å². The van der Waals surface area contributed by atoms with E-state index in [0.29, 0.717) is 22.2 Å². The lowest BCUT2D eigenvalue weighted by molar-refractivity contribution is -0.116. The Bertz CT molecular complexity index is 1040. The molecule has 0 unspecified atom stereocenters. The molecule has 1 amide bonds. The van der Waals surface area contributed by atoms with Crippen LogP contribution >= 0.6 is 0 Å². The average Bonchev–Trinajstić information content (AvgIpc) is 2.90. The first-order chi connectivity index (χ1) is 11.1. The zero-order valence-corrected chi connectivity index (χ0v) is 12.8. The van der Waals surface area contributed by atoms with Gasteiger partial charge in [-0.15, -0.1) is 0 Å². The topological polar surface area (TPSA) is 67.3 Å². The quantitative estimate of drug-likeness (QED) is 0.726. The van der Waals surface area contributed by atoms with Crippen molar-refractivity contribution in [3.8, 4) is 0 Å². The predicted molar refractivity (Wildman–Crippen MR) is 86.6 cm³/mol. The van der Waals surface area contributed by atoms with Gasteiger partial charge in [0.2, 0.25) is 5.91 Å². The molecular formula is C17H12N2O3S. The number of para-hydroxylation sites is 2. The van der Waals surface area contributed by atoms with Gasteiger partial charge in [-0.25, -0.2) is 12.7 Å². The number of anilines is 1. The first kappa shape index (κ1) is 13.9. The number of pyridine rings is 1. The Morgan fingerprint density at radius 1 is 0.957 bits per heavy atom. The lowest BCUT2D eigenvalue weighted by Crippen LogP contribution is -2.34. The fourth-order valence-corrected chi connectivity index (χ4v) is 4.51. The van der Waals surface area contributed by atoms with Crippen LogP contribution in [0, 0.1) is 0 Å². The third-order valence-corrected chi connectivity index (χ3v) is 5.66. The molecule has 0 saturated carbocycles. The normalized spacial score (nSPS) is 14.3. The Kier molecular flexibility index (Phi) is 2.96. The average molecular weight is 324 g/mol. The zero-order chi connectivity index (χ0) is 16.0. The van der Waals surface area contributed by atoms with Crippen LogP contribution in [0.25, 0.3) is 10.9 Å². The van der Waals surface area contributed by atoms with Crippen molar-refractivity contribution in [1.29, 1.82) is 0 Å². The maximum atomic E-state index is 13.1. The smallest absolute Gasteiger partial charge is 0.273 e. The minimum atomic E-state index is -4.01. The standard InChI is InChI=1S/C17H12N2O3S/c20-16-11-13-5-1-2-8-14(13)19(16)23(21,22)15-9-3-6-12-7-4-10-18-17(12)15/h1-10H,11H2. The molecule has 0 N–H and O–H groups in total. The van der Waals surface area contributed by atoms with Crippen molar-refractivity contribution < 1.29 is 13.2 Å². The lowest BCUT2D eigenvalue weighted by Gasteiger charge is -2.18. The molecule has 2 aromatic carbocycles. The second-order valence-corrected chi connectivity index (χ2v) is 7.06. The van der Waals surface area contributed by atoms with E-state index < -0.39 is 15.9 Å². The number of hydrogen-bond acceptors (Lipinski definition) is 4. The molecule has 0 saturated heterocycles. The second-order valence-electron chi connectivity index (χ2n) is 5.30. The van der Waals surface area contributed by atoms with Gasteiger partial charge in [0.15, 0.2) is 0 Å². The maximum absolute atomic E-state index is 13.1. The minimum absolute atomic E-state index is 0.0423. The molecule has 1 aromatic heterocycles. The van der Waals surface area contributed by atoms with E-state index in [1.54, 1.807) is 54.7 Å². The van der Waals surface area contributed by atoms with E-state index in [1.807, 2.05) is 0 Å². The molecule has 0 spiro atoms. The zero-order valence-electron chi connectivity index (χ0n) is 12.0. The van der Waals surface area contributed by atoms with Gasteiger partial charge in [-0.2, -0.15) is 0 Å². The van der Waals surface area contributed by atoms with Crippen molar-refractivity contribution in [3.63, 3.8) is 0 Å². The maximum Gasteiger partial charge on any atom is 0.273 e. The number of hydrogen-bond donors (Lipinski definition) is 0. The number of sulfonamides is 1. The van der Waals surface area contributed by atoms with E-state index in [9.17, 15) is 13.2 Å². The Morgan fingerprint density at radius 3 is 2.61 bits per heavy atom. The van der Waals surface area contributed by atoms with Gasteiger partial charge in [-0.3, -0.25) is 9.78 Å². The fourth-order valence-electron chi connectivity index (χ4n) is 2.87. The molecule has 6 heteroatoms. The molecule has 4 rings (SSSR count). The van der Waals surface area contributed by atoms with E-state index in [1.165, 1.54) is 6.07 Å². The van der Waals surface area contributed by atoms with Crippen molar-refractivity contribution in [2.45, 2.75) is 11.3 Å². The molecule has 0 bridgehead atoms. The van der Waals surface area contributed by atoms with Crippen molar-refractivity contribution in [2.24, 2.45) is 0 Å². The van der Waals surface area contributed by atoms with Gasteiger partial charge < -0.3 is 0 Å². The monoisotopic (exact) mass is 324 g/mol. The van der Waals surface area contributed by atoms with Crippen LogP contribution in [0.15, 0.2) is 65.7 Å². The molecule has 114 valence electrons. The Morgan fingerprint density at radius 2 is 1.74 bits per heavy atom. The molecule has 1 aliphatic heterocycles. The summed E-state index contributed by atoms with van der Waals surface area (Å²) < 4.78 is 27.1. The van der Waals surface area contributed by atoms with Gasteiger partial charge in [0.05, 0.1) is 17.6 Å². The molecule has 0 atom stereocenters. The third-order valence-electron chi connectivity index (χ3n) is 3.89. The second kappa shape index (κ2) is 4.89. The van der Waals surface area contributed by atoms with Crippen LogP contribution in [-0.4, -0.2) is 19.3 Å². The summed E-state index contributed by atoms with van der Waals surface area (Å²) >= 11 is 0. The van der Waals surface area contributed by atoms with Gasteiger partial charge in [0.1, 0.15) is 4.90 Å². The third kappa shape index (κ3) is 2.03. The van der Waals surface area contributed by atoms with Crippen molar-refractivity contribution in [3.05, 3.63) is 66.4 Å². The van der Waals surface area contributed by atoms with Gasteiger partial charge in [-0.1, -0.05) is 36.4 Å². The molecule has 5 nitrogen and oxygen atoms in total. The Labute approximate surface area is 133 Å². The molecule has 0 aliphatic carbocycles. The Hall–Kier alpha value is -2.73. The van der Waals surface area contributed by atoms with Gasteiger partial charge in [0.25, 0.3) is 10.0 Å². The summed E-state index contributed by atoms with van der Waals surface area (Å²) in [5.74, 6) is -0.445. The molecule has 23 heavy (non-hydrogen) atoms. The van der Waals surface area contributed by atoms with Crippen LogP contribution in [-0.2, 0) is 21.2 Å². The molecule has 0 fully saturated rings. The first-order valence-corrected chi connectivity index (χ1v) is 8.53. The van der Waals surface area contributed by atoms with Crippen LogP contribution in [0.1, 0.15) is 5.56 Å². The van der Waals surface area contributed by atoms with E-state index in [-0.39, 0.29) is 11.3 Å². The number of nitrogens with zero attached hydrogens (tertiary/aromatic N) is 2. The highest BCUT2D eigenvalue weighted by atomic mass is 32.2. The summed E-state index contributed by atoms with van der Waals surface area (Å²) in [6.45, 7) is 0. The van der Waals surface area contributed by atoms with Crippen LogP contribution in [0.5, 0.6) is 0 Å². The van der Waals surface area contributed by atoms with Gasteiger partial charge in [-0.05, 0) is 23.8 Å². The van der Waals surface area contributed by atoms with Crippen molar-refractivity contribution in [1.82, 2.24) is 4.98 Å². The number of rotatable bonds is 2. The van der Waals surface area contributed by atoms with E-state index >= 15 is 0 Å². The number of aromatic nitrogens is 1. The molecule has 1 aliphatic rings. The van der Waals surface area contributed by atoms with Gasteiger partial charge >= 0.3 is 0 Å². The molecule has 2 heterocycles. The van der Waals surface area contributed by atoms with Crippen molar-refractivity contribution >= 4 is 32.5 Å². The largest absolute Gasteiger partial charge is 0.273 e. The fraction of sp³-hybridized carbons (Fsp3) is 0.0588. The molecule has 3 aromatic rings. The number of carbonyl (C=O) groups excluding carboxylic acids is 1. The SMILES string of the molecule is O=C1Cc2ccccc2N1S(=O)(=O)c1cccc2cccnc12. The van der Waals surface area contributed by atoms with E-state index in [0.717, 1.165) is 4.31 Å². The highest BCUT2D eigenvalue weighted by Gasteiger charge is 2.38. The summed E-state index contributed by atoms with van der Waals surface area (Å²) in [4.78, 5) is 16.5. The highest BCUT2D eigenvalue weighted by Crippen LogP contribution is 2.35. The van der Waals surface area contributed by atoms with Crippen LogP contribution in [0.4, 0.5) is 5.69 Å². The Balaban J connectivity index is 1.96.